The molecule has 0 radical (unpaired) electrons. The fraction of sp³-hybridized carbons (Fsp3) is 0.667. The summed E-state index contributed by atoms with van der Waals surface area (Å²) in [5, 5.41) is 41.4. The van der Waals surface area contributed by atoms with Gasteiger partial charge in [0.25, 0.3) is 6.29 Å². The van der Waals surface area contributed by atoms with Gasteiger partial charge in [-0.3, -0.25) is 0 Å². The van der Waals surface area contributed by atoms with Crippen molar-refractivity contribution in [2.24, 2.45) is 0 Å². The molecule has 8 nitrogen and oxygen atoms in total. The van der Waals surface area contributed by atoms with Gasteiger partial charge in [0.15, 0.2) is 0 Å². The van der Waals surface area contributed by atoms with Gasteiger partial charge in [-0.05, 0) is 6.07 Å². The van der Waals surface area contributed by atoms with E-state index in [2.05, 4.69) is 5.10 Å². The van der Waals surface area contributed by atoms with Crippen LogP contribution in [0.5, 0.6) is 0 Å². The SMILES string of the molecule is OC[C@H]1OC(On2cccn2)[C@H](O)[C@@H](O)[C@@H]1O. The third-order valence-corrected chi connectivity index (χ3v) is 2.54. The second kappa shape index (κ2) is 4.98. The van der Waals surface area contributed by atoms with Crippen LogP contribution in [-0.2, 0) is 4.74 Å². The number of hydrogen-bond acceptors (Lipinski definition) is 7. The van der Waals surface area contributed by atoms with E-state index in [4.69, 9.17) is 14.7 Å². The molecule has 2 rings (SSSR count). The van der Waals surface area contributed by atoms with Crippen LogP contribution < -0.4 is 4.84 Å². The lowest BCUT2D eigenvalue weighted by molar-refractivity contribution is -0.303. The van der Waals surface area contributed by atoms with Crippen molar-refractivity contribution >= 4 is 0 Å². The first-order chi connectivity index (χ1) is 8.13. The zero-order chi connectivity index (χ0) is 12.4. The molecule has 1 aliphatic heterocycles. The summed E-state index contributed by atoms with van der Waals surface area (Å²) in [5.41, 5.74) is 0. The molecule has 5 atom stereocenters. The Kier molecular flexibility index (Phi) is 3.60. The molecule has 96 valence electrons. The number of nitrogens with zero attached hydrogens (tertiary/aromatic N) is 2. The van der Waals surface area contributed by atoms with Crippen molar-refractivity contribution in [2.45, 2.75) is 30.7 Å². The minimum atomic E-state index is -1.46. The van der Waals surface area contributed by atoms with Crippen molar-refractivity contribution in [1.29, 1.82) is 0 Å². The maximum atomic E-state index is 9.64. The van der Waals surface area contributed by atoms with Gasteiger partial charge in [0.2, 0.25) is 0 Å². The highest BCUT2D eigenvalue weighted by atomic mass is 16.8. The summed E-state index contributed by atoms with van der Waals surface area (Å²) in [4.78, 5) is 6.16. The average Bonchev–Trinajstić information content (AvgIpc) is 2.83. The van der Waals surface area contributed by atoms with Gasteiger partial charge in [-0.1, -0.05) is 0 Å². The Hall–Kier alpha value is -1.19. The number of aliphatic hydroxyl groups excluding tert-OH is 4. The summed E-state index contributed by atoms with van der Waals surface area (Å²) in [6.07, 6.45) is -3.56. The third-order valence-electron chi connectivity index (χ3n) is 2.54. The van der Waals surface area contributed by atoms with E-state index in [0.717, 1.165) is 4.85 Å². The van der Waals surface area contributed by atoms with E-state index in [9.17, 15) is 15.3 Å². The van der Waals surface area contributed by atoms with E-state index >= 15 is 0 Å². The molecule has 0 spiro atoms. The van der Waals surface area contributed by atoms with Gasteiger partial charge < -0.3 is 30.0 Å². The van der Waals surface area contributed by atoms with Crippen molar-refractivity contribution in [1.82, 2.24) is 9.94 Å². The molecule has 4 N–H and O–H groups in total. The van der Waals surface area contributed by atoms with E-state index in [-0.39, 0.29) is 0 Å². The van der Waals surface area contributed by atoms with Crippen LogP contribution in [0.25, 0.3) is 0 Å². The highest BCUT2D eigenvalue weighted by Gasteiger charge is 2.45. The van der Waals surface area contributed by atoms with Crippen LogP contribution in [0.4, 0.5) is 0 Å². The number of rotatable bonds is 3. The van der Waals surface area contributed by atoms with Crippen molar-refractivity contribution in [3.05, 3.63) is 18.5 Å². The molecule has 1 fully saturated rings. The van der Waals surface area contributed by atoms with E-state index in [0.29, 0.717) is 0 Å². The van der Waals surface area contributed by atoms with Crippen LogP contribution in [-0.4, -0.2) is 67.7 Å². The van der Waals surface area contributed by atoms with Gasteiger partial charge in [-0.15, -0.1) is 9.94 Å². The molecule has 1 aromatic rings. The molecule has 0 saturated carbocycles. The minimum absolute atomic E-state index is 0.496. The lowest BCUT2D eigenvalue weighted by Crippen LogP contribution is -2.61. The molecule has 1 saturated heterocycles. The Bertz CT molecular complexity index is 343. The van der Waals surface area contributed by atoms with Gasteiger partial charge in [0.05, 0.1) is 19.0 Å². The Morgan fingerprint density at radius 1 is 1.24 bits per heavy atom. The van der Waals surface area contributed by atoms with E-state index < -0.39 is 37.3 Å². The molecule has 0 aliphatic carbocycles. The van der Waals surface area contributed by atoms with Gasteiger partial charge in [0, 0.05) is 0 Å². The highest BCUT2D eigenvalue weighted by molar-refractivity contribution is 4.89. The smallest absolute Gasteiger partial charge is 0.256 e. The number of hydrogen-bond donors (Lipinski definition) is 4. The second-order valence-electron chi connectivity index (χ2n) is 3.71. The molecule has 1 aliphatic rings. The van der Waals surface area contributed by atoms with Crippen molar-refractivity contribution in [3.8, 4) is 0 Å². The summed E-state index contributed by atoms with van der Waals surface area (Å²) >= 11 is 0. The Labute approximate surface area is 96.6 Å². The van der Waals surface area contributed by atoms with Crippen LogP contribution in [0.2, 0.25) is 0 Å². The molecule has 2 heterocycles. The topological polar surface area (TPSA) is 117 Å². The first kappa shape index (κ1) is 12.3. The number of aliphatic hydroxyl groups is 4. The maximum absolute atomic E-state index is 9.64. The molecular weight excluding hydrogens is 232 g/mol. The summed E-state index contributed by atoms with van der Waals surface area (Å²) < 4.78 is 5.11. The second-order valence-corrected chi connectivity index (χ2v) is 3.71. The molecule has 1 aromatic heterocycles. The zero-order valence-corrected chi connectivity index (χ0v) is 8.83. The predicted molar refractivity (Wildman–Crippen MR) is 52.6 cm³/mol. The quantitative estimate of drug-likeness (QED) is 0.452. The van der Waals surface area contributed by atoms with Gasteiger partial charge in [0.1, 0.15) is 24.4 Å². The first-order valence-electron chi connectivity index (χ1n) is 5.11. The summed E-state index contributed by atoms with van der Waals surface area (Å²) in [5.74, 6) is 0. The molecule has 0 bridgehead atoms. The standard InChI is InChI=1S/C9H14N2O6/c12-4-5-6(13)7(14)8(15)9(16-5)17-11-3-1-2-10-11/h1-3,5-9,12-15H,4H2/t5-,6-,7+,8-,9?/m1/s1. The number of ether oxygens (including phenoxy) is 1. The minimum Gasteiger partial charge on any atom is -0.394 e. The van der Waals surface area contributed by atoms with Crippen LogP contribution in [0, 0.1) is 0 Å². The van der Waals surface area contributed by atoms with Gasteiger partial charge >= 0.3 is 0 Å². The van der Waals surface area contributed by atoms with Crippen molar-refractivity contribution in [3.63, 3.8) is 0 Å². The lowest BCUT2D eigenvalue weighted by atomic mass is 9.99. The fourth-order valence-corrected chi connectivity index (χ4v) is 1.58. The van der Waals surface area contributed by atoms with E-state index in [1.165, 1.54) is 12.4 Å². The Morgan fingerprint density at radius 2 is 2.00 bits per heavy atom. The molecular formula is C9H14N2O6. The average molecular weight is 246 g/mol. The van der Waals surface area contributed by atoms with Gasteiger partial charge in [-0.25, -0.2) is 0 Å². The summed E-state index contributed by atoms with van der Waals surface area (Å²) in [6, 6.07) is 1.60. The summed E-state index contributed by atoms with van der Waals surface area (Å²) in [7, 11) is 0. The lowest BCUT2D eigenvalue weighted by Gasteiger charge is -2.38. The first-order valence-corrected chi connectivity index (χ1v) is 5.11. The fourth-order valence-electron chi connectivity index (χ4n) is 1.58. The summed E-state index contributed by atoms with van der Waals surface area (Å²) in [6.45, 7) is -0.496. The monoisotopic (exact) mass is 246 g/mol. The zero-order valence-electron chi connectivity index (χ0n) is 8.83. The predicted octanol–water partition coefficient (Wildman–Crippen LogP) is -2.89. The molecule has 8 heteroatoms. The molecule has 1 unspecified atom stereocenters. The largest absolute Gasteiger partial charge is 0.394 e. The van der Waals surface area contributed by atoms with Crippen molar-refractivity contribution < 1.29 is 30.0 Å². The van der Waals surface area contributed by atoms with Crippen LogP contribution >= 0.6 is 0 Å². The Morgan fingerprint density at radius 3 is 2.59 bits per heavy atom. The van der Waals surface area contributed by atoms with Crippen molar-refractivity contribution in [2.75, 3.05) is 6.61 Å². The normalized spacial score (nSPS) is 38.0. The number of aromatic nitrogens is 2. The third kappa shape index (κ3) is 2.40. The van der Waals surface area contributed by atoms with Crippen LogP contribution in [0.1, 0.15) is 0 Å². The Balaban J connectivity index is 2.06. The van der Waals surface area contributed by atoms with E-state index in [1.807, 2.05) is 0 Å². The molecule has 0 amide bonds. The molecule has 0 aromatic carbocycles. The van der Waals surface area contributed by atoms with E-state index in [1.54, 1.807) is 6.07 Å². The maximum Gasteiger partial charge on any atom is 0.256 e. The van der Waals surface area contributed by atoms with Crippen LogP contribution in [0.15, 0.2) is 18.5 Å². The highest BCUT2D eigenvalue weighted by Crippen LogP contribution is 2.20. The molecule has 17 heavy (non-hydrogen) atoms. The van der Waals surface area contributed by atoms with Crippen LogP contribution in [0.3, 0.4) is 0 Å². The van der Waals surface area contributed by atoms with Gasteiger partial charge in [-0.2, -0.15) is 0 Å².